The molecule has 0 spiro atoms. The molecular formula is C16H25N3O. The van der Waals surface area contributed by atoms with Crippen molar-refractivity contribution in [1.82, 2.24) is 5.32 Å². The maximum atomic E-state index is 11.9. The largest absolute Gasteiger partial charge is 0.397 e. The summed E-state index contributed by atoms with van der Waals surface area (Å²) in [5.74, 6) is 0.614. The van der Waals surface area contributed by atoms with E-state index >= 15 is 0 Å². The second kappa shape index (κ2) is 5.73. The number of nitrogens with one attached hydrogen (secondary N) is 2. The number of hydrogen-bond acceptors (Lipinski definition) is 3. The quantitative estimate of drug-likeness (QED) is 0.699. The van der Waals surface area contributed by atoms with Gasteiger partial charge < -0.3 is 16.4 Å². The lowest BCUT2D eigenvalue weighted by Crippen LogP contribution is -2.24. The molecule has 4 nitrogen and oxygen atoms in total. The van der Waals surface area contributed by atoms with Gasteiger partial charge in [-0.3, -0.25) is 4.79 Å². The molecule has 1 aliphatic rings. The number of nitrogens with two attached hydrogens (primary N) is 1. The Labute approximate surface area is 121 Å². The van der Waals surface area contributed by atoms with E-state index < -0.39 is 0 Å². The first-order valence-corrected chi connectivity index (χ1v) is 7.40. The third kappa shape index (κ3) is 3.06. The second-order valence-electron chi connectivity index (χ2n) is 6.03. The number of amides is 1. The van der Waals surface area contributed by atoms with Crippen molar-refractivity contribution in [2.24, 2.45) is 11.3 Å². The van der Waals surface area contributed by atoms with Crippen LogP contribution in [0.1, 0.15) is 44.0 Å². The van der Waals surface area contributed by atoms with E-state index in [0.717, 1.165) is 12.2 Å². The van der Waals surface area contributed by atoms with Gasteiger partial charge in [0, 0.05) is 18.7 Å². The van der Waals surface area contributed by atoms with Crippen molar-refractivity contribution in [1.29, 1.82) is 0 Å². The van der Waals surface area contributed by atoms with Crippen molar-refractivity contribution in [2.45, 2.75) is 33.6 Å². The van der Waals surface area contributed by atoms with Crippen LogP contribution in [0.25, 0.3) is 0 Å². The zero-order valence-electron chi connectivity index (χ0n) is 12.6. The smallest absolute Gasteiger partial charge is 0.251 e. The van der Waals surface area contributed by atoms with Crippen LogP contribution in [0.2, 0.25) is 0 Å². The van der Waals surface area contributed by atoms with Crippen LogP contribution in [0, 0.1) is 11.3 Å². The van der Waals surface area contributed by atoms with Gasteiger partial charge in [-0.05, 0) is 49.3 Å². The molecule has 4 N–H and O–H groups in total. The van der Waals surface area contributed by atoms with E-state index in [1.54, 1.807) is 12.1 Å². The molecule has 1 aromatic carbocycles. The van der Waals surface area contributed by atoms with Crippen LogP contribution in [0.5, 0.6) is 0 Å². The molecule has 1 aromatic rings. The van der Waals surface area contributed by atoms with Crippen molar-refractivity contribution in [2.75, 3.05) is 24.1 Å². The third-order valence-electron chi connectivity index (χ3n) is 4.40. The normalized spacial score (nSPS) is 16.0. The van der Waals surface area contributed by atoms with E-state index in [0.29, 0.717) is 29.1 Å². The molecule has 0 unspecified atom stereocenters. The Bertz CT molecular complexity index is 492. The van der Waals surface area contributed by atoms with Crippen molar-refractivity contribution in [3.63, 3.8) is 0 Å². The number of hydrogen-bond donors (Lipinski definition) is 3. The van der Waals surface area contributed by atoms with Crippen LogP contribution >= 0.6 is 0 Å². The molecule has 1 aliphatic carbocycles. The lowest BCUT2D eigenvalue weighted by Gasteiger charge is -2.21. The second-order valence-corrected chi connectivity index (χ2v) is 6.03. The molecule has 4 heteroatoms. The van der Waals surface area contributed by atoms with Crippen molar-refractivity contribution in [3.8, 4) is 0 Å². The maximum absolute atomic E-state index is 11.9. The Morgan fingerprint density at radius 1 is 1.40 bits per heavy atom. The molecule has 110 valence electrons. The molecule has 0 aromatic heterocycles. The van der Waals surface area contributed by atoms with Gasteiger partial charge in [0.05, 0.1) is 11.4 Å². The lowest BCUT2D eigenvalue weighted by molar-refractivity contribution is 0.0956. The van der Waals surface area contributed by atoms with E-state index in [1.807, 2.05) is 13.0 Å². The van der Waals surface area contributed by atoms with Gasteiger partial charge in [-0.2, -0.15) is 0 Å². The van der Waals surface area contributed by atoms with Crippen molar-refractivity contribution in [3.05, 3.63) is 23.8 Å². The van der Waals surface area contributed by atoms with Crippen LogP contribution in [0.4, 0.5) is 11.4 Å². The average Bonchev–Trinajstić information content (AvgIpc) is 3.19. The minimum absolute atomic E-state index is 0.0551. The first kappa shape index (κ1) is 14.7. The van der Waals surface area contributed by atoms with E-state index in [-0.39, 0.29) is 5.91 Å². The number of benzene rings is 1. The molecule has 0 aliphatic heterocycles. The van der Waals surface area contributed by atoms with Gasteiger partial charge in [-0.25, -0.2) is 0 Å². The Morgan fingerprint density at radius 3 is 2.65 bits per heavy atom. The zero-order valence-corrected chi connectivity index (χ0v) is 12.6. The van der Waals surface area contributed by atoms with Gasteiger partial charge >= 0.3 is 0 Å². The van der Waals surface area contributed by atoms with E-state index in [4.69, 9.17) is 5.73 Å². The molecular weight excluding hydrogens is 250 g/mol. The van der Waals surface area contributed by atoms with Gasteiger partial charge in [-0.15, -0.1) is 0 Å². The lowest BCUT2D eigenvalue weighted by atomic mass is 9.92. The van der Waals surface area contributed by atoms with Crippen molar-refractivity contribution >= 4 is 17.3 Å². The molecule has 0 atom stereocenters. The van der Waals surface area contributed by atoms with Gasteiger partial charge in [0.1, 0.15) is 0 Å². The summed E-state index contributed by atoms with van der Waals surface area (Å²) in [5, 5.41) is 6.23. The summed E-state index contributed by atoms with van der Waals surface area (Å²) < 4.78 is 0. The number of nitrogen functional groups attached to an aromatic ring is 1. The Balaban J connectivity index is 2.07. The molecule has 0 bridgehead atoms. The molecule has 0 saturated heterocycles. The molecule has 20 heavy (non-hydrogen) atoms. The fourth-order valence-corrected chi connectivity index (χ4v) is 2.50. The SMILES string of the molecule is CCNC(=O)c1ccc(N)c(NCC2(C(C)C)CC2)c1. The fourth-order valence-electron chi connectivity index (χ4n) is 2.50. The Kier molecular flexibility index (Phi) is 4.21. The Morgan fingerprint density at radius 2 is 2.10 bits per heavy atom. The molecule has 1 amide bonds. The predicted molar refractivity (Wildman–Crippen MR) is 83.9 cm³/mol. The monoisotopic (exact) mass is 275 g/mol. The van der Waals surface area contributed by atoms with Crippen LogP contribution in [0.3, 0.4) is 0 Å². The van der Waals surface area contributed by atoms with Gasteiger partial charge in [0.2, 0.25) is 0 Å². The topological polar surface area (TPSA) is 67.2 Å². The minimum atomic E-state index is -0.0551. The highest BCUT2D eigenvalue weighted by atomic mass is 16.1. The summed E-state index contributed by atoms with van der Waals surface area (Å²) in [7, 11) is 0. The summed E-state index contributed by atoms with van der Waals surface area (Å²) >= 11 is 0. The van der Waals surface area contributed by atoms with Gasteiger partial charge in [0.15, 0.2) is 0 Å². The van der Waals surface area contributed by atoms with E-state index in [2.05, 4.69) is 24.5 Å². The van der Waals surface area contributed by atoms with Gasteiger partial charge in [0.25, 0.3) is 5.91 Å². The van der Waals surface area contributed by atoms with Crippen LogP contribution in [0.15, 0.2) is 18.2 Å². The number of anilines is 2. The first-order chi connectivity index (χ1) is 9.48. The standard InChI is InChI=1S/C16H25N3O/c1-4-18-15(20)12-5-6-13(17)14(9-12)19-10-16(7-8-16)11(2)3/h5-6,9,11,19H,4,7-8,10,17H2,1-3H3,(H,18,20). The number of rotatable bonds is 6. The predicted octanol–water partition coefficient (Wildman–Crippen LogP) is 2.87. The highest BCUT2D eigenvalue weighted by Gasteiger charge is 2.44. The minimum Gasteiger partial charge on any atom is -0.397 e. The Hall–Kier alpha value is -1.71. The number of carbonyl (C=O) groups excluding carboxylic acids is 1. The van der Waals surface area contributed by atoms with E-state index in [9.17, 15) is 4.79 Å². The molecule has 2 rings (SSSR count). The molecule has 0 radical (unpaired) electrons. The first-order valence-electron chi connectivity index (χ1n) is 7.40. The average molecular weight is 275 g/mol. The van der Waals surface area contributed by atoms with Crippen LogP contribution in [-0.2, 0) is 0 Å². The fraction of sp³-hybridized carbons (Fsp3) is 0.562. The molecule has 1 saturated carbocycles. The van der Waals surface area contributed by atoms with Crippen LogP contribution in [-0.4, -0.2) is 19.0 Å². The highest BCUT2D eigenvalue weighted by Crippen LogP contribution is 2.51. The third-order valence-corrected chi connectivity index (χ3v) is 4.40. The van der Waals surface area contributed by atoms with E-state index in [1.165, 1.54) is 12.8 Å². The van der Waals surface area contributed by atoms with Crippen molar-refractivity contribution < 1.29 is 4.79 Å². The van der Waals surface area contributed by atoms with Gasteiger partial charge in [-0.1, -0.05) is 13.8 Å². The summed E-state index contributed by atoms with van der Waals surface area (Å²) in [6.07, 6.45) is 2.54. The summed E-state index contributed by atoms with van der Waals surface area (Å²) in [5.41, 5.74) is 8.61. The maximum Gasteiger partial charge on any atom is 0.251 e. The van der Waals surface area contributed by atoms with Crippen LogP contribution < -0.4 is 16.4 Å². The molecule has 1 fully saturated rings. The summed E-state index contributed by atoms with van der Waals surface area (Å²) in [6, 6.07) is 5.40. The summed E-state index contributed by atoms with van der Waals surface area (Å²) in [6.45, 7) is 8.00. The summed E-state index contributed by atoms with van der Waals surface area (Å²) in [4.78, 5) is 11.9. The molecule has 0 heterocycles. The number of carbonyl (C=O) groups is 1. The zero-order chi connectivity index (χ0) is 14.8. The highest BCUT2D eigenvalue weighted by molar-refractivity contribution is 5.96.